The van der Waals surface area contributed by atoms with Gasteiger partial charge in [0, 0.05) is 37.1 Å². The van der Waals surface area contributed by atoms with Crippen LogP contribution in [0.3, 0.4) is 0 Å². The normalized spacial score (nSPS) is 23.1. The summed E-state index contributed by atoms with van der Waals surface area (Å²) in [6, 6.07) is 5.27. The van der Waals surface area contributed by atoms with Crippen LogP contribution in [0.4, 0.5) is 5.69 Å². The largest absolute Gasteiger partial charge is 0.337 e. The number of rotatable bonds is 3. The van der Waals surface area contributed by atoms with Gasteiger partial charge in [0.1, 0.15) is 4.88 Å². The van der Waals surface area contributed by atoms with Gasteiger partial charge >= 0.3 is 0 Å². The lowest BCUT2D eigenvalue weighted by Crippen LogP contribution is -2.33. The molecule has 2 aromatic heterocycles. The van der Waals surface area contributed by atoms with E-state index in [1.54, 1.807) is 30.6 Å². The lowest BCUT2D eigenvalue weighted by Gasteiger charge is -2.19. The van der Waals surface area contributed by atoms with E-state index in [0.29, 0.717) is 28.0 Å². The maximum atomic E-state index is 12.9. The molecule has 4 rings (SSSR count). The second-order valence-electron chi connectivity index (χ2n) is 6.73. The van der Waals surface area contributed by atoms with Crippen LogP contribution in [0, 0.1) is 11.8 Å². The van der Waals surface area contributed by atoms with Crippen LogP contribution < -0.4 is 11.1 Å². The lowest BCUT2D eigenvalue weighted by molar-refractivity contribution is 0.0785. The third-order valence-corrected chi connectivity index (χ3v) is 6.15. The number of hydrogen-bond acceptors (Lipinski definition) is 5. The van der Waals surface area contributed by atoms with Crippen LogP contribution in [-0.2, 0) is 0 Å². The summed E-state index contributed by atoms with van der Waals surface area (Å²) in [4.78, 5) is 31.6. The standard InChI is InChI=1S/C18H20N4O2S.2ClH/c19-14-2-1-12-9-22(10-13(12)14)18(24)16-15(5-8-25-16)21-17(23)11-3-6-20-7-4-11;;/h3-8,12-14H,1-2,9-10,19H2,(H,21,23);2*1H. The van der Waals surface area contributed by atoms with Crippen molar-refractivity contribution < 1.29 is 9.59 Å². The quantitative estimate of drug-likeness (QED) is 0.785. The van der Waals surface area contributed by atoms with Gasteiger partial charge in [0.25, 0.3) is 11.8 Å². The van der Waals surface area contributed by atoms with E-state index in [4.69, 9.17) is 5.73 Å². The van der Waals surface area contributed by atoms with Crippen molar-refractivity contribution in [1.82, 2.24) is 9.88 Å². The fourth-order valence-corrected chi connectivity index (χ4v) is 4.70. The first-order valence-corrected chi connectivity index (χ1v) is 9.35. The molecule has 3 unspecified atom stereocenters. The lowest BCUT2D eigenvalue weighted by atomic mass is 9.98. The van der Waals surface area contributed by atoms with Crippen molar-refractivity contribution in [2.45, 2.75) is 18.9 Å². The highest BCUT2D eigenvalue weighted by Gasteiger charge is 2.43. The van der Waals surface area contributed by atoms with Crippen molar-refractivity contribution in [3.63, 3.8) is 0 Å². The SMILES string of the molecule is Cl.Cl.NC1CCC2CN(C(=O)c3sccc3NC(=O)c3ccncc3)CC12. The highest BCUT2D eigenvalue weighted by Crippen LogP contribution is 2.38. The summed E-state index contributed by atoms with van der Waals surface area (Å²) in [5.74, 6) is 0.685. The number of nitrogens with one attached hydrogen (secondary N) is 1. The third-order valence-electron chi connectivity index (χ3n) is 5.25. The van der Waals surface area contributed by atoms with Gasteiger partial charge < -0.3 is 16.0 Å². The molecule has 3 atom stereocenters. The summed E-state index contributed by atoms with van der Waals surface area (Å²) in [7, 11) is 0. The molecule has 0 aromatic carbocycles. The van der Waals surface area contributed by atoms with E-state index < -0.39 is 0 Å². The summed E-state index contributed by atoms with van der Waals surface area (Å²) >= 11 is 1.36. The van der Waals surface area contributed by atoms with E-state index in [1.807, 2.05) is 10.3 Å². The smallest absolute Gasteiger partial charge is 0.266 e. The van der Waals surface area contributed by atoms with Crippen molar-refractivity contribution >= 4 is 53.7 Å². The molecule has 1 saturated carbocycles. The first-order chi connectivity index (χ1) is 12.1. The molecule has 3 N–H and O–H groups in total. The first kappa shape index (κ1) is 21.6. The van der Waals surface area contributed by atoms with Gasteiger partial charge in [-0.2, -0.15) is 0 Å². The van der Waals surface area contributed by atoms with Gasteiger partial charge in [0.05, 0.1) is 5.69 Å². The molecule has 1 aliphatic heterocycles. The molecular weight excluding hydrogens is 407 g/mol. The number of pyridine rings is 1. The average Bonchev–Trinajstić information content (AvgIpc) is 3.33. The third kappa shape index (κ3) is 4.27. The highest BCUT2D eigenvalue weighted by molar-refractivity contribution is 7.12. The molecule has 146 valence electrons. The molecule has 2 aromatic rings. The van der Waals surface area contributed by atoms with Crippen LogP contribution in [0.5, 0.6) is 0 Å². The summed E-state index contributed by atoms with van der Waals surface area (Å²) < 4.78 is 0. The number of nitrogens with two attached hydrogens (primary N) is 1. The molecule has 0 spiro atoms. The zero-order chi connectivity index (χ0) is 17.4. The number of amides is 2. The fraction of sp³-hybridized carbons (Fsp3) is 0.389. The zero-order valence-corrected chi connectivity index (χ0v) is 17.0. The molecule has 2 amide bonds. The number of anilines is 1. The number of halogens is 2. The predicted molar refractivity (Wildman–Crippen MR) is 111 cm³/mol. The molecule has 1 saturated heterocycles. The Bertz CT molecular complexity index is 802. The zero-order valence-electron chi connectivity index (χ0n) is 14.5. The van der Waals surface area contributed by atoms with Gasteiger partial charge in [-0.15, -0.1) is 36.2 Å². The second kappa shape index (κ2) is 9.01. The van der Waals surface area contributed by atoms with Crippen LogP contribution >= 0.6 is 36.2 Å². The highest BCUT2D eigenvalue weighted by atomic mass is 35.5. The van der Waals surface area contributed by atoms with Crippen LogP contribution in [-0.4, -0.2) is 40.8 Å². The van der Waals surface area contributed by atoms with Gasteiger partial charge in [0.2, 0.25) is 0 Å². The molecule has 0 radical (unpaired) electrons. The van der Waals surface area contributed by atoms with Crippen LogP contribution in [0.25, 0.3) is 0 Å². The van der Waals surface area contributed by atoms with Gasteiger partial charge in [0.15, 0.2) is 0 Å². The van der Waals surface area contributed by atoms with E-state index in [1.165, 1.54) is 11.3 Å². The van der Waals surface area contributed by atoms with Crippen LogP contribution in [0.1, 0.15) is 32.9 Å². The van der Waals surface area contributed by atoms with E-state index in [2.05, 4.69) is 10.3 Å². The molecule has 2 fully saturated rings. The molecule has 2 aliphatic rings. The van der Waals surface area contributed by atoms with Gasteiger partial charge in [-0.25, -0.2) is 0 Å². The Kier molecular flexibility index (Phi) is 7.22. The Morgan fingerprint density at radius 1 is 1.15 bits per heavy atom. The molecule has 6 nitrogen and oxygen atoms in total. The van der Waals surface area contributed by atoms with Gasteiger partial charge in [-0.3, -0.25) is 14.6 Å². The fourth-order valence-electron chi connectivity index (χ4n) is 3.89. The molecule has 0 bridgehead atoms. The monoisotopic (exact) mass is 428 g/mol. The van der Waals surface area contributed by atoms with Crippen molar-refractivity contribution in [3.8, 4) is 0 Å². The summed E-state index contributed by atoms with van der Waals surface area (Å²) in [6.07, 6.45) is 5.30. The Balaban J connectivity index is 0.00000131. The van der Waals surface area contributed by atoms with E-state index in [9.17, 15) is 9.59 Å². The molecule has 1 aliphatic carbocycles. The number of nitrogens with zero attached hydrogens (tertiary/aromatic N) is 2. The summed E-state index contributed by atoms with van der Waals surface area (Å²) in [5.41, 5.74) is 7.25. The Morgan fingerprint density at radius 3 is 2.59 bits per heavy atom. The molecule has 9 heteroatoms. The Labute approximate surface area is 174 Å². The number of thiophene rings is 1. The maximum Gasteiger partial charge on any atom is 0.266 e. The molecular formula is C18H22Cl2N4O2S. The van der Waals surface area contributed by atoms with Crippen molar-refractivity contribution in [1.29, 1.82) is 0 Å². The minimum atomic E-state index is -0.241. The van der Waals surface area contributed by atoms with Crippen molar-refractivity contribution in [2.24, 2.45) is 17.6 Å². The topological polar surface area (TPSA) is 88.3 Å². The number of carbonyl (C=O) groups is 2. The van der Waals surface area contributed by atoms with E-state index in [-0.39, 0.29) is 42.7 Å². The second-order valence-corrected chi connectivity index (χ2v) is 7.64. The number of carbonyl (C=O) groups excluding carboxylic acids is 2. The number of likely N-dealkylation sites (tertiary alicyclic amines) is 1. The molecule has 27 heavy (non-hydrogen) atoms. The van der Waals surface area contributed by atoms with Gasteiger partial charge in [-0.05, 0) is 48.3 Å². The maximum absolute atomic E-state index is 12.9. The summed E-state index contributed by atoms with van der Waals surface area (Å²) in [6.45, 7) is 1.49. The van der Waals surface area contributed by atoms with Crippen LogP contribution in [0.15, 0.2) is 36.0 Å². The Hall–Kier alpha value is -1.67. The minimum Gasteiger partial charge on any atom is -0.337 e. The van der Waals surface area contributed by atoms with E-state index >= 15 is 0 Å². The van der Waals surface area contributed by atoms with Crippen molar-refractivity contribution in [2.75, 3.05) is 18.4 Å². The average molecular weight is 429 g/mol. The van der Waals surface area contributed by atoms with Gasteiger partial charge in [-0.1, -0.05) is 0 Å². The minimum absolute atomic E-state index is 0. The predicted octanol–water partition coefficient (Wildman–Crippen LogP) is 3.05. The first-order valence-electron chi connectivity index (χ1n) is 8.47. The summed E-state index contributed by atoms with van der Waals surface area (Å²) in [5, 5.41) is 4.67. The van der Waals surface area contributed by atoms with Crippen molar-refractivity contribution in [3.05, 3.63) is 46.4 Å². The molecule has 3 heterocycles. The number of hydrogen-bond donors (Lipinski definition) is 2. The number of aromatic nitrogens is 1. The van der Waals surface area contributed by atoms with Crippen LogP contribution in [0.2, 0.25) is 0 Å². The Morgan fingerprint density at radius 2 is 1.89 bits per heavy atom. The van der Waals surface area contributed by atoms with E-state index in [0.717, 1.165) is 25.9 Å². The number of fused-ring (bicyclic) bond motifs is 1.